The fourth-order valence-corrected chi connectivity index (χ4v) is 4.34. The third kappa shape index (κ3) is 7.02. The normalized spacial score (nSPS) is 13.9. The van der Waals surface area contributed by atoms with Crippen molar-refractivity contribution in [2.45, 2.75) is 45.1 Å². The molecule has 2 unspecified atom stereocenters. The zero-order valence-corrected chi connectivity index (χ0v) is 21.9. The summed E-state index contributed by atoms with van der Waals surface area (Å²) < 4.78 is 16.5. The van der Waals surface area contributed by atoms with Crippen LogP contribution in [-0.2, 0) is 5.41 Å². The Labute approximate surface area is 209 Å². The van der Waals surface area contributed by atoms with Gasteiger partial charge >= 0.3 is 0 Å². The van der Waals surface area contributed by atoms with Gasteiger partial charge in [-0.2, -0.15) is 5.26 Å². The van der Waals surface area contributed by atoms with Gasteiger partial charge in [-0.3, -0.25) is 0 Å². The van der Waals surface area contributed by atoms with Gasteiger partial charge in [0.15, 0.2) is 11.5 Å². The van der Waals surface area contributed by atoms with Crippen LogP contribution in [0, 0.1) is 24.2 Å². The van der Waals surface area contributed by atoms with Crippen molar-refractivity contribution < 1.29 is 19.3 Å². The van der Waals surface area contributed by atoms with Gasteiger partial charge in [0.2, 0.25) is 0 Å². The molecule has 0 aliphatic rings. The molecule has 0 heterocycles. The second-order valence-corrected chi connectivity index (χ2v) is 9.48. The molecule has 0 aromatic heterocycles. The lowest BCUT2D eigenvalue weighted by atomic mass is 9.69. The van der Waals surface area contributed by atoms with Crippen LogP contribution in [0.1, 0.15) is 37.8 Å². The Balaban J connectivity index is 1.96. The van der Waals surface area contributed by atoms with Gasteiger partial charge < -0.3 is 24.2 Å². The van der Waals surface area contributed by atoms with E-state index in [4.69, 9.17) is 25.8 Å². The van der Waals surface area contributed by atoms with Gasteiger partial charge in [-0.1, -0.05) is 37.6 Å². The van der Waals surface area contributed by atoms with E-state index in [1.54, 1.807) is 20.3 Å². The molecule has 0 aliphatic carbocycles. The van der Waals surface area contributed by atoms with Crippen molar-refractivity contribution in [2.24, 2.45) is 5.92 Å². The molecular formula is C27H37ClN2O4. The van der Waals surface area contributed by atoms with Crippen LogP contribution in [0.5, 0.6) is 17.2 Å². The van der Waals surface area contributed by atoms with E-state index in [2.05, 4.69) is 24.8 Å². The van der Waals surface area contributed by atoms with Crippen LogP contribution in [0.3, 0.4) is 0 Å². The number of hydrogen-bond donors (Lipinski definition) is 1. The molecule has 0 fully saturated rings. The van der Waals surface area contributed by atoms with E-state index in [0.717, 1.165) is 24.1 Å². The number of aliphatic hydroxyl groups excluding tert-OH is 1. The summed E-state index contributed by atoms with van der Waals surface area (Å²) in [4.78, 5) is 2.06. The first kappa shape index (κ1) is 27.8. The first-order valence-electron chi connectivity index (χ1n) is 11.6. The molecule has 0 spiro atoms. The molecule has 2 rings (SSSR count). The summed E-state index contributed by atoms with van der Waals surface area (Å²) in [6, 6.07) is 13.9. The van der Waals surface area contributed by atoms with Crippen LogP contribution in [-0.4, -0.2) is 57.1 Å². The van der Waals surface area contributed by atoms with Crippen LogP contribution in [0.25, 0.3) is 0 Å². The first-order chi connectivity index (χ1) is 16.2. The summed E-state index contributed by atoms with van der Waals surface area (Å²) in [5, 5.41) is 21.2. The Bertz CT molecular complexity index is 976. The zero-order valence-electron chi connectivity index (χ0n) is 21.1. The smallest absolute Gasteiger partial charge is 0.161 e. The van der Waals surface area contributed by atoms with Crippen molar-refractivity contribution >= 4 is 11.6 Å². The molecule has 0 saturated carbocycles. The largest absolute Gasteiger partial charge is 0.493 e. The van der Waals surface area contributed by atoms with Crippen molar-refractivity contribution in [3.8, 4) is 23.3 Å². The van der Waals surface area contributed by atoms with E-state index in [9.17, 15) is 10.4 Å². The van der Waals surface area contributed by atoms with Crippen molar-refractivity contribution in [3.63, 3.8) is 0 Å². The minimum atomic E-state index is -0.654. The summed E-state index contributed by atoms with van der Waals surface area (Å²) in [5.41, 5.74) is 1.32. The highest BCUT2D eigenvalue weighted by Crippen LogP contribution is 2.40. The summed E-state index contributed by atoms with van der Waals surface area (Å²) in [5.74, 6) is 1.95. The molecule has 2 atom stereocenters. The van der Waals surface area contributed by atoms with E-state index in [0.29, 0.717) is 35.2 Å². The first-order valence-corrected chi connectivity index (χ1v) is 11.9. The van der Waals surface area contributed by atoms with Crippen molar-refractivity contribution in [2.75, 3.05) is 41.0 Å². The standard InChI is InChI=1S/C27H37ClN2O4/c1-19(2)27(18-29,21-9-11-24(32-5)26(15-21)33-6)12-7-13-30(4)16-22(31)17-34-25-14-20(3)8-10-23(25)28/h8-11,14-15,19,22,31H,7,12-13,16-17H2,1-6H3. The molecule has 2 aromatic rings. The lowest BCUT2D eigenvalue weighted by Gasteiger charge is -2.32. The monoisotopic (exact) mass is 488 g/mol. The lowest BCUT2D eigenvalue weighted by molar-refractivity contribution is 0.0754. The van der Waals surface area contributed by atoms with Gasteiger partial charge in [-0.05, 0) is 74.7 Å². The molecule has 7 heteroatoms. The van der Waals surface area contributed by atoms with Crippen LogP contribution < -0.4 is 14.2 Å². The molecule has 34 heavy (non-hydrogen) atoms. The predicted octanol–water partition coefficient (Wildman–Crippen LogP) is 5.23. The predicted molar refractivity (Wildman–Crippen MR) is 136 cm³/mol. The number of nitriles is 1. The fraction of sp³-hybridized carbons (Fsp3) is 0.519. The highest BCUT2D eigenvalue weighted by atomic mass is 35.5. The number of benzene rings is 2. The molecule has 0 amide bonds. The number of likely N-dealkylation sites (N-methyl/N-ethyl adjacent to an activating group) is 1. The second-order valence-electron chi connectivity index (χ2n) is 9.07. The zero-order chi connectivity index (χ0) is 25.3. The number of halogens is 1. The molecule has 0 aliphatic heterocycles. The number of rotatable bonds is 13. The van der Waals surface area contributed by atoms with Crippen molar-refractivity contribution in [1.29, 1.82) is 5.26 Å². The van der Waals surface area contributed by atoms with Gasteiger partial charge in [0, 0.05) is 6.54 Å². The molecule has 0 bridgehead atoms. The van der Waals surface area contributed by atoms with Crippen LogP contribution in [0.2, 0.25) is 5.02 Å². The number of hydrogen-bond acceptors (Lipinski definition) is 6. The second kappa shape index (κ2) is 12.9. The Morgan fingerprint density at radius 3 is 2.41 bits per heavy atom. The van der Waals surface area contributed by atoms with Gasteiger partial charge in [0.05, 0.1) is 30.7 Å². The highest BCUT2D eigenvalue weighted by Gasteiger charge is 2.36. The van der Waals surface area contributed by atoms with E-state index in [1.165, 1.54) is 0 Å². The Hall–Kier alpha value is -2.46. The Morgan fingerprint density at radius 2 is 1.79 bits per heavy atom. The maximum Gasteiger partial charge on any atom is 0.161 e. The van der Waals surface area contributed by atoms with Gasteiger partial charge in [-0.15, -0.1) is 0 Å². The number of nitrogens with zero attached hydrogens (tertiary/aromatic N) is 2. The fourth-order valence-electron chi connectivity index (χ4n) is 4.17. The van der Waals surface area contributed by atoms with E-state index < -0.39 is 11.5 Å². The van der Waals surface area contributed by atoms with Gasteiger partial charge in [0.1, 0.15) is 18.5 Å². The number of methoxy groups -OCH3 is 2. The SMILES string of the molecule is COc1ccc(C(C#N)(CCCN(C)CC(O)COc2cc(C)ccc2Cl)C(C)C)cc1OC. The number of aryl methyl sites for hydroxylation is 1. The minimum absolute atomic E-state index is 0.110. The molecule has 0 radical (unpaired) electrons. The van der Waals surface area contributed by atoms with Gasteiger partial charge in [-0.25, -0.2) is 0 Å². The van der Waals surface area contributed by atoms with E-state index in [-0.39, 0.29) is 12.5 Å². The summed E-state index contributed by atoms with van der Waals surface area (Å²) >= 11 is 6.16. The maximum absolute atomic E-state index is 10.4. The molecule has 6 nitrogen and oxygen atoms in total. The summed E-state index contributed by atoms with van der Waals surface area (Å²) in [6.07, 6.45) is 0.832. The van der Waals surface area contributed by atoms with E-state index in [1.807, 2.05) is 44.3 Å². The van der Waals surface area contributed by atoms with Crippen molar-refractivity contribution in [3.05, 3.63) is 52.5 Å². The average molecular weight is 489 g/mol. The van der Waals surface area contributed by atoms with Gasteiger partial charge in [0.25, 0.3) is 0 Å². The molecular weight excluding hydrogens is 452 g/mol. The maximum atomic E-state index is 10.4. The Morgan fingerprint density at radius 1 is 1.09 bits per heavy atom. The lowest BCUT2D eigenvalue weighted by Crippen LogP contribution is -2.35. The summed E-state index contributed by atoms with van der Waals surface area (Å²) in [6.45, 7) is 7.47. The average Bonchev–Trinajstić information content (AvgIpc) is 2.81. The van der Waals surface area contributed by atoms with Crippen LogP contribution >= 0.6 is 11.6 Å². The van der Waals surface area contributed by atoms with Crippen molar-refractivity contribution in [1.82, 2.24) is 4.90 Å². The number of ether oxygens (including phenoxy) is 3. The van der Waals surface area contributed by atoms with E-state index >= 15 is 0 Å². The number of aliphatic hydroxyl groups is 1. The quantitative estimate of drug-likeness (QED) is 0.416. The molecule has 186 valence electrons. The van der Waals surface area contributed by atoms with Crippen LogP contribution in [0.4, 0.5) is 0 Å². The molecule has 2 aromatic carbocycles. The third-order valence-corrected chi connectivity index (χ3v) is 6.55. The third-order valence-electron chi connectivity index (χ3n) is 6.24. The molecule has 0 saturated heterocycles. The minimum Gasteiger partial charge on any atom is -0.493 e. The van der Waals surface area contributed by atoms with Crippen LogP contribution in [0.15, 0.2) is 36.4 Å². The Kier molecular flexibility index (Phi) is 10.5. The molecule has 1 N–H and O–H groups in total. The summed E-state index contributed by atoms with van der Waals surface area (Å²) in [7, 11) is 5.16. The highest BCUT2D eigenvalue weighted by molar-refractivity contribution is 6.32. The topological polar surface area (TPSA) is 75.0 Å².